The SMILES string of the molecule is CC1CS(=O)(=O)CCN1c1ccc(F)cc1CO. The van der Waals surface area contributed by atoms with Crippen LogP contribution in [0, 0.1) is 5.82 Å². The van der Waals surface area contributed by atoms with Gasteiger partial charge < -0.3 is 10.0 Å². The van der Waals surface area contributed by atoms with Gasteiger partial charge in [-0.2, -0.15) is 0 Å². The molecule has 4 nitrogen and oxygen atoms in total. The van der Waals surface area contributed by atoms with Crippen LogP contribution in [0.2, 0.25) is 0 Å². The van der Waals surface area contributed by atoms with Gasteiger partial charge in [0.1, 0.15) is 5.82 Å². The molecular formula is C12H16FNO3S. The second-order valence-electron chi connectivity index (χ2n) is 4.59. The maximum absolute atomic E-state index is 13.1. The third-order valence-electron chi connectivity index (χ3n) is 3.19. The molecule has 0 bridgehead atoms. The number of aliphatic hydroxyl groups is 1. The Labute approximate surface area is 106 Å². The normalized spacial score (nSPS) is 23.1. The van der Waals surface area contributed by atoms with E-state index in [2.05, 4.69) is 0 Å². The van der Waals surface area contributed by atoms with Crippen molar-refractivity contribution >= 4 is 15.5 Å². The van der Waals surface area contributed by atoms with E-state index in [0.717, 1.165) is 0 Å². The van der Waals surface area contributed by atoms with Gasteiger partial charge in [-0.1, -0.05) is 0 Å². The summed E-state index contributed by atoms with van der Waals surface area (Å²) >= 11 is 0. The van der Waals surface area contributed by atoms with Crippen LogP contribution in [0.1, 0.15) is 12.5 Å². The summed E-state index contributed by atoms with van der Waals surface area (Å²) in [5, 5.41) is 9.25. The van der Waals surface area contributed by atoms with Crippen LogP contribution in [0.5, 0.6) is 0 Å². The summed E-state index contributed by atoms with van der Waals surface area (Å²) in [5.74, 6) is -0.213. The van der Waals surface area contributed by atoms with Crippen molar-refractivity contribution in [2.75, 3.05) is 23.0 Å². The van der Waals surface area contributed by atoms with Crippen LogP contribution in [-0.2, 0) is 16.4 Å². The van der Waals surface area contributed by atoms with Gasteiger partial charge in [-0.15, -0.1) is 0 Å². The molecule has 1 fully saturated rings. The van der Waals surface area contributed by atoms with Crippen molar-refractivity contribution in [3.63, 3.8) is 0 Å². The van der Waals surface area contributed by atoms with Crippen LogP contribution >= 0.6 is 0 Å². The lowest BCUT2D eigenvalue weighted by Gasteiger charge is -2.36. The fourth-order valence-corrected chi connectivity index (χ4v) is 3.87. The molecule has 1 aromatic rings. The van der Waals surface area contributed by atoms with Gasteiger partial charge in [-0.05, 0) is 25.1 Å². The average molecular weight is 273 g/mol. The first-order chi connectivity index (χ1) is 8.43. The van der Waals surface area contributed by atoms with Crippen LogP contribution in [0.25, 0.3) is 0 Å². The lowest BCUT2D eigenvalue weighted by Crippen LogP contribution is -2.47. The summed E-state index contributed by atoms with van der Waals surface area (Å²) in [7, 11) is -2.98. The van der Waals surface area contributed by atoms with Crippen LogP contribution in [0.15, 0.2) is 18.2 Å². The molecule has 0 radical (unpaired) electrons. The predicted molar refractivity (Wildman–Crippen MR) is 67.8 cm³/mol. The van der Waals surface area contributed by atoms with Crippen molar-refractivity contribution in [3.05, 3.63) is 29.6 Å². The number of nitrogens with zero attached hydrogens (tertiary/aromatic N) is 1. The van der Waals surface area contributed by atoms with Crippen molar-refractivity contribution in [2.24, 2.45) is 0 Å². The van der Waals surface area contributed by atoms with Crippen molar-refractivity contribution in [2.45, 2.75) is 19.6 Å². The Hall–Kier alpha value is -1.14. The highest BCUT2D eigenvalue weighted by Crippen LogP contribution is 2.26. The summed E-state index contributed by atoms with van der Waals surface area (Å²) < 4.78 is 36.1. The largest absolute Gasteiger partial charge is 0.392 e. The van der Waals surface area contributed by atoms with Gasteiger partial charge in [0, 0.05) is 23.8 Å². The summed E-state index contributed by atoms with van der Waals surface area (Å²) in [6.45, 7) is 1.94. The number of anilines is 1. The quantitative estimate of drug-likeness (QED) is 0.871. The topological polar surface area (TPSA) is 57.6 Å². The third-order valence-corrected chi connectivity index (χ3v) is 4.99. The smallest absolute Gasteiger partial charge is 0.154 e. The molecule has 0 spiro atoms. The molecule has 100 valence electrons. The van der Waals surface area contributed by atoms with Crippen LogP contribution < -0.4 is 4.90 Å². The molecule has 0 amide bonds. The monoisotopic (exact) mass is 273 g/mol. The van der Waals surface area contributed by atoms with Gasteiger partial charge in [0.2, 0.25) is 0 Å². The molecule has 1 aliphatic rings. The van der Waals surface area contributed by atoms with Gasteiger partial charge in [0.05, 0.1) is 18.1 Å². The molecular weight excluding hydrogens is 257 g/mol. The van der Waals surface area contributed by atoms with E-state index in [9.17, 15) is 17.9 Å². The van der Waals surface area contributed by atoms with Crippen molar-refractivity contribution < 1.29 is 17.9 Å². The van der Waals surface area contributed by atoms with E-state index < -0.39 is 15.7 Å². The zero-order chi connectivity index (χ0) is 13.3. The van der Waals surface area contributed by atoms with E-state index in [1.54, 1.807) is 6.07 Å². The van der Waals surface area contributed by atoms with Gasteiger partial charge in [-0.3, -0.25) is 0 Å². The zero-order valence-corrected chi connectivity index (χ0v) is 11.0. The first-order valence-electron chi connectivity index (χ1n) is 5.79. The molecule has 6 heteroatoms. The molecule has 18 heavy (non-hydrogen) atoms. The Morgan fingerprint density at radius 1 is 1.50 bits per heavy atom. The van der Waals surface area contributed by atoms with E-state index in [1.807, 2.05) is 11.8 Å². The van der Waals surface area contributed by atoms with Crippen LogP contribution in [-0.4, -0.2) is 37.6 Å². The minimum Gasteiger partial charge on any atom is -0.392 e. The highest BCUT2D eigenvalue weighted by Gasteiger charge is 2.29. The van der Waals surface area contributed by atoms with Crippen LogP contribution in [0.4, 0.5) is 10.1 Å². The molecule has 1 atom stereocenters. The molecule has 1 N–H and O–H groups in total. The molecule has 2 rings (SSSR count). The Balaban J connectivity index is 2.32. The number of halogens is 1. The predicted octanol–water partition coefficient (Wildman–Crippen LogP) is 0.941. The highest BCUT2D eigenvalue weighted by molar-refractivity contribution is 7.91. The summed E-state index contributed by atoms with van der Waals surface area (Å²) in [4.78, 5) is 1.91. The fourth-order valence-electron chi connectivity index (χ4n) is 2.32. The molecule has 0 aliphatic carbocycles. The second-order valence-corrected chi connectivity index (χ2v) is 6.82. The van der Waals surface area contributed by atoms with Crippen molar-refractivity contribution in [1.82, 2.24) is 0 Å². The molecule has 1 aromatic carbocycles. The maximum Gasteiger partial charge on any atom is 0.154 e. The van der Waals surface area contributed by atoms with E-state index in [1.165, 1.54) is 12.1 Å². The average Bonchev–Trinajstić information content (AvgIpc) is 2.29. The third kappa shape index (κ3) is 2.64. The lowest BCUT2D eigenvalue weighted by atomic mass is 10.1. The Morgan fingerprint density at radius 3 is 2.83 bits per heavy atom. The number of benzene rings is 1. The number of hydrogen-bond donors (Lipinski definition) is 1. The fraction of sp³-hybridized carbons (Fsp3) is 0.500. The summed E-state index contributed by atoms with van der Waals surface area (Å²) in [6.07, 6.45) is 0. The standard InChI is InChI=1S/C12H16FNO3S/c1-9-8-18(16,17)5-4-14(9)12-3-2-11(13)6-10(12)7-15/h2-3,6,9,15H,4-5,7-8H2,1H3. The Kier molecular flexibility index (Phi) is 3.59. The molecule has 0 aromatic heterocycles. The molecule has 1 aliphatic heterocycles. The second kappa shape index (κ2) is 4.85. The molecule has 1 unspecified atom stereocenters. The van der Waals surface area contributed by atoms with Gasteiger partial charge in [-0.25, -0.2) is 12.8 Å². The van der Waals surface area contributed by atoms with Gasteiger partial charge in [0.25, 0.3) is 0 Å². The maximum atomic E-state index is 13.1. The van der Waals surface area contributed by atoms with E-state index >= 15 is 0 Å². The van der Waals surface area contributed by atoms with Crippen LogP contribution in [0.3, 0.4) is 0 Å². The number of aliphatic hydroxyl groups excluding tert-OH is 1. The van der Waals surface area contributed by atoms with Crippen molar-refractivity contribution in [1.29, 1.82) is 0 Å². The van der Waals surface area contributed by atoms with E-state index in [-0.39, 0.29) is 24.2 Å². The highest BCUT2D eigenvalue weighted by atomic mass is 32.2. The summed E-state index contributed by atoms with van der Waals surface area (Å²) in [5.41, 5.74) is 1.20. The number of hydrogen-bond acceptors (Lipinski definition) is 4. The van der Waals surface area contributed by atoms with Gasteiger partial charge >= 0.3 is 0 Å². The summed E-state index contributed by atoms with van der Waals surface area (Å²) in [6, 6.07) is 4.03. The minimum atomic E-state index is -2.98. The molecule has 1 saturated heterocycles. The number of sulfone groups is 1. The van der Waals surface area contributed by atoms with Gasteiger partial charge in [0.15, 0.2) is 9.84 Å². The first-order valence-corrected chi connectivity index (χ1v) is 7.61. The minimum absolute atomic E-state index is 0.0925. The first kappa shape index (κ1) is 13.3. The molecule has 0 saturated carbocycles. The number of rotatable bonds is 2. The van der Waals surface area contributed by atoms with E-state index in [4.69, 9.17) is 0 Å². The zero-order valence-electron chi connectivity index (χ0n) is 10.1. The van der Waals surface area contributed by atoms with Crippen molar-refractivity contribution in [3.8, 4) is 0 Å². The molecule has 1 heterocycles. The van der Waals surface area contributed by atoms with E-state index in [0.29, 0.717) is 17.8 Å². The Morgan fingerprint density at radius 2 is 2.22 bits per heavy atom. The lowest BCUT2D eigenvalue weighted by molar-refractivity contribution is 0.281. The Bertz CT molecular complexity index is 544.